The zero-order valence-corrected chi connectivity index (χ0v) is 13.6. The molecule has 0 aromatic heterocycles. The molecule has 0 saturated carbocycles. The fourth-order valence-electron chi connectivity index (χ4n) is 2.06. The maximum atomic E-state index is 12.2. The molecular weight excluding hydrogens is 332 g/mol. The molecule has 0 atom stereocenters. The lowest BCUT2D eigenvalue weighted by Gasteiger charge is -2.07. The molecule has 3 nitrogen and oxygen atoms in total. The van der Waals surface area contributed by atoms with Gasteiger partial charge in [-0.25, -0.2) is 0 Å². The summed E-state index contributed by atoms with van der Waals surface area (Å²) in [5, 5.41) is 0. The number of hydrogen-bond acceptors (Lipinski definition) is 3. The number of rotatable bonds is 6. The van der Waals surface area contributed by atoms with Gasteiger partial charge in [0, 0.05) is 17.3 Å². The molecule has 0 aliphatic carbocycles. The van der Waals surface area contributed by atoms with Gasteiger partial charge in [0.1, 0.15) is 17.3 Å². The van der Waals surface area contributed by atoms with Gasteiger partial charge in [0.2, 0.25) is 0 Å². The highest BCUT2D eigenvalue weighted by Crippen LogP contribution is 2.23. The Kier molecular flexibility index (Phi) is 5.39. The van der Waals surface area contributed by atoms with E-state index in [1.54, 1.807) is 14.2 Å². The van der Waals surface area contributed by atoms with Crippen molar-refractivity contribution in [3.63, 3.8) is 0 Å². The number of Topliss-reactive ketones (excluding diaryl/α,β-unsaturated/α-hetero) is 1. The van der Waals surface area contributed by atoms with Gasteiger partial charge in [0.15, 0.2) is 0 Å². The van der Waals surface area contributed by atoms with Gasteiger partial charge in [-0.05, 0) is 41.5 Å². The lowest BCUT2D eigenvalue weighted by molar-refractivity contribution is -0.117. The van der Waals surface area contributed by atoms with Crippen molar-refractivity contribution in [2.24, 2.45) is 0 Å². The van der Waals surface area contributed by atoms with Crippen LogP contribution < -0.4 is 9.47 Å². The van der Waals surface area contributed by atoms with Gasteiger partial charge in [-0.1, -0.05) is 28.1 Å². The minimum absolute atomic E-state index is 0.161. The first-order valence-corrected chi connectivity index (χ1v) is 7.38. The van der Waals surface area contributed by atoms with Gasteiger partial charge in [-0.15, -0.1) is 0 Å². The summed E-state index contributed by atoms with van der Waals surface area (Å²) in [6, 6.07) is 13.2. The SMILES string of the molecule is COc1ccc(CC(=O)Cc2cc(OC)ccc2Br)cc1. The topological polar surface area (TPSA) is 35.5 Å². The number of halogens is 1. The Hall–Kier alpha value is -1.81. The van der Waals surface area contributed by atoms with Crippen molar-refractivity contribution in [2.45, 2.75) is 12.8 Å². The van der Waals surface area contributed by atoms with Gasteiger partial charge in [0.05, 0.1) is 14.2 Å². The Labute approximate surface area is 133 Å². The van der Waals surface area contributed by atoms with Crippen molar-refractivity contribution in [1.82, 2.24) is 0 Å². The van der Waals surface area contributed by atoms with Crippen molar-refractivity contribution >= 4 is 21.7 Å². The van der Waals surface area contributed by atoms with Gasteiger partial charge in [0.25, 0.3) is 0 Å². The Morgan fingerprint density at radius 3 is 2.19 bits per heavy atom. The second-order valence-corrected chi connectivity index (χ2v) is 5.55. The normalized spacial score (nSPS) is 10.2. The second kappa shape index (κ2) is 7.27. The molecule has 2 rings (SSSR count). The number of benzene rings is 2. The van der Waals surface area contributed by atoms with Crippen molar-refractivity contribution < 1.29 is 14.3 Å². The van der Waals surface area contributed by atoms with Crippen LogP contribution in [0.15, 0.2) is 46.9 Å². The Balaban J connectivity index is 2.04. The summed E-state index contributed by atoms with van der Waals surface area (Å²) in [7, 11) is 3.24. The Bertz CT molecular complexity index is 620. The molecule has 2 aromatic rings. The van der Waals surface area contributed by atoms with Crippen molar-refractivity contribution in [1.29, 1.82) is 0 Å². The van der Waals surface area contributed by atoms with E-state index in [1.165, 1.54) is 0 Å². The van der Waals surface area contributed by atoms with E-state index < -0.39 is 0 Å². The molecule has 0 amide bonds. The molecule has 0 unspecified atom stereocenters. The molecule has 0 aliphatic rings. The standard InChI is InChI=1S/C17H17BrO3/c1-20-15-5-3-12(4-6-15)9-14(19)10-13-11-16(21-2)7-8-17(13)18/h3-8,11H,9-10H2,1-2H3. The van der Waals surface area contributed by atoms with E-state index in [0.717, 1.165) is 27.1 Å². The van der Waals surface area contributed by atoms with E-state index in [9.17, 15) is 4.79 Å². The summed E-state index contributed by atoms with van der Waals surface area (Å²) >= 11 is 3.47. The van der Waals surface area contributed by atoms with Crippen LogP contribution in [0.25, 0.3) is 0 Å². The number of carbonyl (C=O) groups excluding carboxylic acids is 1. The molecule has 110 valence electrons. The highest BCUT2D eigenvalue weighted by atomic mass is 79.9. The number of hydrogen-bond donors (Lipinski definition) is 0. The van der Waals surface area contributed by atoms with Gasteiger partial charge in [-0.3, -0.25) is 4.79 Å². The summed E-state index contributed by atoms with van der Waals surface area (Å²) in [6.07, 6.45) is 0.789. The largest absolute Gasteiger partial charge is 0.497 e. The monoisotopic (exact) mass is 348 g/mol. The van der Waals surface area contributed by atoms with Crippen LogP contribution in [-0.4, -0.2) is 20.0 Å². The highest BCUT2D eigenvalue weighted by molar-refractivity contribution is 9.10. The predicted molar refractivity (Wildman–Crippen MR) is 86.1 cm³/mol. The predicted octanol–water partition coefficient (Wildman–Crippen LogP) is 3.82. The molecular formula is C17H17BrO3. The fraction of sp³-hybridized carbons (Fsp3) is 0.235. The molecule has 0 radical (unpaired) electrons. The maximum absolute atomic E-state index is 12.2. The number of ether oxygens (including phenoxy) is 2. The van der Waals surface area contributed by atoms with Crippen molar-refractivity contribution in [3.05, 3.63) is 58.1 Å². The molecule has 0 spiro atoms. The number of carbonyl (C=O) groups is 1. The van der Waals surface area contributed by atoms with E-state index in [1.807, 2.05) is 42.5 Å². The molecule has 0 fully saturated rings. The smallest absolute Gasteiger partial charge is 0.141 e. The number of ketones is 1. The first kappa shape index (κ1) is 15.6. The molecule has 2 aromatic carbocycles. The quantitative estimate of drug-likeness (QED) is 0.795. The zero-order valence-electron chi connectivity index (χ0n) is 12.1. The minimum atomic E-state index is 0.161. The van der Waals surface area contributed by atoms with Crippen molar-refractivity contribution in [3.8, 4) is 11.5 Å². The third kappa shape index (κ3) is 4.33. The van der Waals surface area contributed by atoms with Crippen LogP contribution in [0.2, 0.25) is 0 Å². The maximum Gasteiger partial charge on any atom is 0.141 e. The first-order valence-electron chi connectivity index (χ1n) is 6.59. The van der Waals surface area contributed by atoms with Crippen LogP contribution in [0.5, 0.6) is 11.5 Å². The van der Waals surface area contributed by atoms with E-state index in [0.29, 0.717) is 12.8 Å². The Morgan fingerprint density at radius 1 is 0.952 bits per heavy atom. The minimum Gasteiger partial charge on any atom is -0.497 e. The fourth-order valence-corrected chi connectivity index (χ4v) is 2.45. The molecule has 21 heavy (non-hydrogen) atoms. The molecule has 0 heterocycles. The summed E-state index contributed by atoms with van der Waals surface area (Å²) in [5.41, 5.74) is 1.92. The van der Waals surface area contributed by atoms with Gasteiger partial charge < -0.3 is 9.47 Å². The van der Waals surface area contributed by atoms with E-state index in [2.05, 4.69) is 15.9 Å². The molecule has 0 saturated heterocycles. The van der Waals surface area contributed by atoms with Crippen LogP contribution >= 0.6 is 15.9 Å². The molecule has 0 N–H and O–H groups in total. The first-order chi connectivity index (χ1) is 10.1. The molecule has 0 aliphatic heterocycles. The van der Waals surface area contributed by atoms with Crippen LogP contribution in [-0.2, 0) is 17.6 Å². The van der Waals surface area contributed by atoms with Crippen LogP contribution in [0.3, 0.4) is 0 Å². The van der Waals surface area contributed by atoms with E-state index in [-0.39, 0.29) is 5.78 Å². The van der Waals surface area contributed by atoms with E-state index in [4.69, 9.17) is 9.47 Å². The Morgan fingerprint density at radius 2 is 1.57 bits per heavy atom. The summed E-state index contributed by atoms with van der Waals surface area (Å²) in [6.45, 7) is 0. The molecule has 0 bridgehead atoms. The van der Waals surface area contributed by atoms with Gasteiger partial charge >= 0.3 is 0 Å². The third-order valence-corrected chi connectivity index (χ3v) is 3.97. The lowest BCUT2D eigenvalue weighted by Crippen LogP contribution is -2.07. The molecule has 4 heteroatoms. The third-order valence-electron chi connectivity index (χ3n) is 3.20. The van der Waals surface area contributed by atoms with Crippen LogP contribution in [0.4, 0.5) is 0 Å². The highest BCUT2D eigenvalue weighted by Gasteiger charge is 2.09. The summed E-state index contributed by atoms with van der Waals surface area (Å²) in [5.74, 6) is 1.71. The lowest BCUT2D eigenvalue weighted by atomic mass is 10.0. The van der Waals surface area contributed by atoms with Crippen molar-refractivity contribution in [2.75, 3.05) is 14.2 Å². The van der Waals surface area contributed by atoms with E-state index >= 15 is 0 Å². The number of methoxy groups -OCH3 is 2. The average Bonchev–Trinajstić information content (AvgIpc) is 2.50. The van der Waals surface area contributed by atoms with Gasteiger partial charge in [-0.2, -0.15) is 0 Å². The second-order valence-electron chi connectivity index (χ2n) is 4.70. The summed E-state index contributed by atoms with van der Waals surface area (Å²) in [4.78, 5) is 12.2. The van der Waals surface area contributed by atoms with Crippen LogP contribution in [0.1, 0.15) is 11.1 Å². The average molecular weight is 349 g/mol. The summed E-state index contributed by atoms with van der Waals surface area (Å²) < 4.78 is 11.2. The van der Waals surface area contributed by atoms with Crippen LogP contribution in [0, 0.1) is 0 Å². The zero-order chi connectivity index (χ0) is 15.2.